The van der Waals surface area contributed by atoms with E-state index in [4.69, 9.17) is 9.47 Å². The summed E-state index contributed by atoms with van der Waals surface area (Å²) in [5.74, 6) is -0.411. The molecular formula is C11H16O3. The van der Waals surface area contributed by atoms with Gasteiger partial charge < -0.3 is 14.6 Å². The molecule has 0 aliphatic rings. The largest absolute Gasteiger partial charge is 0.508 e. The van der Waals surface area contributed by atoms with E-state index >= 15 is 0 Å². The maximum Gasteiger partial charge on any atom is 0.168 e. The summed E-state index contributed by atoms with van der Waals surface area (Å²) in [4.78, 5) is 0. The molecule has 1 aromatic rings. The lowest BCUT2D eigenvalue weighted by atomic mass is 10.1. The summed E-state index contributed by atoms with van der Waals surface area (Å²) >= 11 is 0. The van der Waals surface area contributed by atoms with Crippen molar-refractivity contribution < 1.29 is 14.6 Å². The highest BCUT2D eigenvalue weighted by Crippen LogP contribution is 2.23. The second-order valence-corrected chi connectivity index (χ2v) is 3.35. The van der Waals surface area contributed by atoms with Crippen LogP contribution >= 0.6 is 0 Å². The van der Waals surface area contributed by atoms with Crippen LogP contribution in [0.3, 0.4) is 0 Å². The van der Waals surface area contributed by atoms with Gasteiger partial charge in [-0.25, -0.2) is 0 Å². The zero-order chi connectivity index (χ0) is 10.6. The van der Waals surface area contributed by atoms with Crippen LogP contribution < -0.4 is 0 Å². The predicted octanol–water partition coefficient (Wildman–Crippen LogP) is 1.94. The number of hydrogen-bond donors (Lipinski definition) is 1. The van der Waals surface area contributed by atoms with Gasteiger partial charge in [0.25, 0.3) is 0 Å². The first-order valence-electron chi connectivity index (χ1n) is 4.48. The Morgan fingerprint density at radius 2 is 1.79 bits per heavy atom. The maximum absolute atomic E-state index is 9.55. The van der Waals surface area contributed by atoms with Crippen LogP contribution in [-0.4, -0.2) is 25.1 Å². The highest BCUT2D eigenvalue weighted by molar-refractivity contribution is 5.32. The number of benzene rings is 1. The number of hydrogen-bond acceptors (Lipinski definition) is 3. The fourth-order valence-electron chi connectivity index (χ4n) is 1.23. The Morgan fingerprint density at radius 3 is 2.29 bits per heavy atom. The molecule has 0 spiro atoms. The second kappa shape index (κ2) is 4.44. The second-order valence-electron chi connectivity index (χ2n) is 3.35. The van der Waals surface area contributed by atoms with E-state index in [0.717, 1.165) is 5.56 Å². The van der Waals surface area contributed by atoms with Crippen LogP contribution in [-0.2, 0) is 15.9 Å². The van der Waals surface area contributed by atoms with Crippen molar-refractivity contribution in [3.8, 4) is 5.75 Å². The molecule has 0 heterocycles. The van der Waals surface area contributed by atoms with E-state index in [1.165, 1.54) is 0 Å². The van der Waals surface area contributed by atoms with Crippen LogP contribution in [0.15, 0.2) is 24.3 Å². The summed E-state index contributed by atoms with van der Waals surface area (Å²) < 4.78 is 10.4. The third-order valence-corrected chi connectivity index (χ3v) is 2.37. The first-order valence-corrected chi connectivity index (χ1v) is 4.48. The molecule has 3 heteroatoms. The Hall–Kier alpha value is -1.06. The average molecular weight is 196 g/mol. The van der Waals surface area contributed by atoms with Crippen molar-refractivity contribution in [2.24, 2.45) is 0 Å². The van der Waals surface area contributed by atoms with Gasteiger partial charge in [0, 0.05) is 20.6 Å². The molecule has 1 rings (SSSR count). The Kier molecular flexibility index (Phi) is 3.49. The third kappa shape index (κ3) is 2.47. The zero-order valence-corrected chi connectivity index (χ0v) is 8.78. The normalized spacial score (nSPS) is 11.6. The Balaban J connectivity index is 2.82. The van der Waals surface area contributed by atoms with Crippen LogP contribution in [0.5, 0.6) is 5.75 Å². The van der Waals surface area contributed by atoms with Gasteiger partial charge in [0.2, 0.25) is 0 Å². The fourth-order valence-corrected chi connectivity index (χ4v) is 1.23. The lowest BCUT2D eigenvalue weighted by molar-refractivity contribution is -0.191. The Labute approximate surface area is 84.3 Å². The first-order chi connectivity index (χ1) is 6.61. The van der Waals surface area contributed by atoms with E-state index < -0.39 is 5.79 Å². The Bertz CT molecular complexity index is 292. The van der Waals surface area contributed by atoms with Gasteiger partial charge in [-0.15, -0.1) is 0 Å². The van der Waals surface area contributed by atoms with Gasteiger partial charge in [0.05, 0.1) is 0 Å². The predicted molar refractivity (Wildman–Crippen MR) is 54.2 cm³/mol. The number of aromatic hydroxyl groups is 1. The minimum atomic E-state index is -0.682. The lowest BCUT2D eigenvalue weighted by Crippen LogP contribution is -2.32. The molecule has 0 bridgehead atoms. The molecule has 1 aromatic carbocycles. The number of phenolic OH excluding ortho intramolecular Hbond substituents is 1. The van der Waals surface area contributed by atoms with Crippen LogP contribution in [0.1, 0.15) is 12.5 Å². The zero-order valence-electron chi connectivity index (χ0n) is 8.78. The summed E-state index contributed by atoms with van der Waals surface area (Å²) in [6.07, 6.45) is 0.521. The fraction of sp³-hybridized carbons (Fsp3) is 0.455. The van der Waals surface area contributed by atoms with Crippen LogP contribution in [0.2, 0.25) is 0 Å². The van der Waals surface area contributed by atoms with Gasteiger partial charge in [-0.05, 0) is 18.6 Å². The van der Waals surface area contributed by atoms with Crippen molar-refractivity contribution in [3.05, 3.63) is 29.8 Å². The lowest BCUT2D eigenvalue weighted by Gasteiger charge is -2.26. The van der Waals surface area contributed by atoms with Crippen LogP contribution in [0.25, 0.3) is 0 Å². The monoisotopic (exact) mass is 196 g/mol. The molecule has 0 radical (unpaired) electrons. The van der Waals surface area contributed by atoms with Crippen molar-refractivity contribution in [2.75, 3.05) is 14.2 Å². The van der Waals surface area contributed by atoms with Crippen LogP contribution in [0.4, 0.5) is 0 Å². The highest BCUT2D eigenvalue weighted by Gasteiger charge is 2.24. The first kappa shape index (κ1) is 11.0. The van der Waals surface area contributed by atoms with E-state index in [1.54, 1.807) is 26.4 Å². The number of phenols is 1. The molecule has 78 valence electrons. The average Bonchev–Trinajstić information content (AvgIpc) is 2.21. The summed E-state index contributed by atoms with van der Waals surface area (Å²) in [7, 11) is 3.17. The van der Waals surface area contributed by atoms with Crippen molar-refractivity contribution >= 4 is 0 Å². The van der Waals surface area contributed by atoms with Crippen molar-refractivity contribution in [1.29, 1.82) is 0 Å². The number of ether oxygens (including phenoxy) is 2. The third-order valence-electron chi connectivity index (χ3n) is 2.37. The maximum atomic E-state index is 9.55. The number of rotatable bonds is 4. The molecule has 1 N–H and O–H groups in total. The van der Waals surface area contributed by atoms with E-state index in [-0.39, 0.29) is 5.75 Å². The van der Waals surface area contributed by atoms with Gasteiger partial charge in [-0.2, -0.15) is 0 Å². The van der Waals surface area contributed by atoms with Crippen molar-refractivity contribution in [3.63, 3.8) is 0 Å². The van der Waals surface area contributed by atoms with Gasteiger partial charge in [0.15, 0.2) is 5.79 Å². The molecule has 0 saturated heterocycles. The molecule has 0 aliphatic carbocycles. The summed E-state index contributed by atoms with van der Waals surface area (Å²) in [5.41, 5.74) is 0.818. The quantitative estimate of drug-likeness (QED) is 0.748. The topological polar surface area (TPSA) is 38.7 Å². The highest BCUT2D eigenvalue weighted by atomic mass is 16.7. The molecular weight excluding hydrogens is 180 g/mol. The van der Waals surface area contributed by atoms with Gasteiger partial charge >= 0.3 is 0 Å². The van der Waals surface area contributed by atoms with E-state index in [1.807, 2.05) is 19.1 Å². The molecule has 0 atom stereocenters. The standard InChI is InChI=1S/C11H16O3/c1-11(13-2,14-3)8-9-6-4-5-7-10(9)12/h4-7,12H,8H2,1-3H3. The molecule has 0 aromatic heterocycles. The van der Waals surface area contributed by atoms with E-state index in [9.17, 15) is 5.11 Å². The van der Waals surface area contributed by atoms with Crippen molar-refractivity contribution in [1.82, 2.24) is 0 Å². The smallest absolute Gasteiger partial charge is 0.168 e. The minimum Gasteiger partial charge on any atom is -0.508 e. The molecule has 0 amide bonds. The van der Waals surface area contributed by atoms with Gasteiger partial charge in [-0.1, -0.05) is 18.2 Å². The molecule has 0 unspecified atom stereocenters. The number of para-hydroxylation sites is 1. The molecule has 0 saturated carbocycles. The number of methoxy groups -OCH3 is 2. The molecule has 3 nitrogen and oxygen atoms in total. The summed E-state index contributed by atoms with van der Waals surface area (Å²) in [6, 6.07) is 7.17. The van der Waals surface area contributed by atoms with Gasteiger partial charge in [0.1, 0.15) is 5.75 Å². The molecule has 14 heavy (non-hydrogen) atoms. The molecule has 0 fully saturated rings. The van der Waals surface area contributed by atoms with Crippen LogP contribution in [0, 0.1) is 0 Å². The van der Waals surface area contributed by atoms with Crippen molar-refractivity contribution in [2.45, 2.75) is 19.1 Å². The Morgan fingerprint density at radius 1 is 1.21 bits per heavy atom. The molecule has 0 aliphatic heterocycles. The van der Waals surface area contributed by atoms with E-state index in [0.29, 0.717) is 6.42 Å². The SMILES string of the molecule is COC(C)(Cc1ccccc1O)OC. The minimum absolute atomic E-state index is 0.271. The summed E-state index contributed by atoms with van der Waals surface area (Å²) in [5, 5.41) is 9.55. The summed E-state index contributed by atoms with van der Waals surface area (Å²) in [6.45, 7) is 1.83. The van der Waals surface area contributed by atoms with Gasteiger partial charge in [-0.3, -0.25) is 0 Å². The van der Waals surface area contributed by atoms with E-state index in [2.05, 4.69) is 0 Å².